The van der Waals surface area contributed by atoms with Crippen LogP contribution in [0.5, 0.6) is 11.5 Å². The SMILES string of the molecule is O=C(NCCc1cc(F)cc(F)c1)c1c(O)cccc1O. The van der Waals surface area contributed by atoms with Crippen molar-refractivity contribution >= 4 is 5.91 Å². The molecule has 21 heavy (non-hydrogen) atoms. The summed E-state index contributed by atoms with van der Waals surface area (Å²) in [5.41, 5.74) is 0.164. The van der Waals surface area contributed by atoms with Crippen molar-refractivity contribution in [3.05, 3.63) is 59.2 Å². The van der Waals surface area contributed by atoms with Gasteiger partial charge in [-0.05, 0) is 36.2 Å². The third kappa shape index (κ3) is 3.68. The van der Waals surface area contributed by atoms with E-state index in [9.17, 15) is 23.8 Å². The predicted octanol–water partition coefficient (Wildman–Crippen LogP) is 2.35. The molecule has 2 aromatic carbocycles. The zero-order valence-electron chi connectivity index (χ0n) is 10.9. The Labute approximate surface area is 119 Å². The number of aromatic hydroxyl groups is 2. The maximum Gasteiger partial charge on any atom is 0.258 e. The second-order valence-corrected chi connectivity index (χ2v) is 4.45. The molecule has 4 nitrogen and oxygen atoms in total. The molecule has 0 aromatic heterocycles. The van der Waals surface area contributed by atoms with Crippen LogP contribution >= 0.6 is 0 Å². The average Bonchev–Trinajstić information content (AvgIpc) is 2.37. The number of rotatable bonds is 4. The van der Waals surface area contributed by atoms with Gasteiger partial charge in [-0.1, -0.05) is 6.07 Å². The summed E-state index contributed by atoms with van der Waals surface area (Å²) < 4.78 is 26.0. The smallest absolute Gasteiger partial charge is 0.258 e. The lowest BCUT2D eigenvalue weighted by molar-refractivity contribution is 0.0948. The molecule has 0 aliphatic heterocycles. The second-order valence-electron chi connectivity index (χ2n) is 4.45. The Morgan fingerprint density at radius 3 is 2.19 bits per heavy atom. The van der Waals surface area contributed by atoms with E-state index < -0.39 is 17.5 Å². The van der Waals surface area contributed by atoms with Crippen LogP contribution in [-0.4, -0.2) is 22.7 Å². The maximum absolute atomic E-state index is 13.0. The molecule has 0 radical (unpaired) electrons. The fourth-order valence-corrected chi connectivity index (χ4v) is 1.92. The standard InChI is InChI=1S/C15H13F2NO3/c16-10-6-9(7-11(17)8-10)4-5-18-15(21)14-12(19)2-1-3-13(14)20/h1-3,6-8,19-20H,4-5H2,(H,18,21). The van der Waals surface area contributed by atoms with E-state index >= 15 is 0 Å². The molecular formula is C15H13F2NO3. The van der Waals surface area contributed by atoms with Crippen LogP contribution in [0.2, 0.25) is 0 Å². The molecule has 0 heterocycles. The summed E-state index contributed by atoms with van der Waals surface area (Å²) in [6, 6.07) is 7.06. The number of halogens is 2. The first-order valence-electron chi connectivity index (χ1n) is 6.21. The van der Waals surface area contributed by atoms with E-state index in [4.69, 9.17) is 0 Å². The Morgan fingerprint density at radius 1 is 1.05 bits per heavy atom. The number of hydrogen-bond donors (Lipinski definition) is 3. The molecule has 0 saturated carbocycles. The normalized spacial score (nSPS) is 10.4. The van der Waals surface area contributed by atoms with E-state index in [2.05, 4.69) is 5.32 Å². The molecule has 0 unspecified atom stereocenters. The fraction of sp³-hybridized carbons (Fsp3) is 0.133. The molecule has 2 aromatic rings. The van der Waals surface area contributed by atoms with Gasteiger partial charge < -0.3 is 15.5 Å². The van der Waals surface area contributed by atoms with E-state index in [1.54, 1.807) is 0 Å². The van der Waals surface area contributed by atoms with E-state index in [1.807, 2.05) is 0 Å². The first-order chi connectivity index (χ1) is 9.97. The van der Waals surface area contributed by atoms with Crippen molar-refractivity contribution in [2.45, 2.75) is 6.42 Å². The van der Waals surface area contributed by atoms with E-state index in [1.165, 1.54) is 30.3 Å². The topological polar surface area (TPSA) is 69.6 Å². The Balaban J connectivity index is 1.99. The molecule has 6 heteroatoms. The van der Waals surface area contributed by atoms with Crippen molar-refractivity contribution in [2.24, 2.45) is 0 Å². The summed E-state index contributed by atoms with van der Waals surface area (Å²) in [5, 5.41) is 21.5. The van der Waals surface area contributed by atoms with Crippen LogP contribution in [0.1, 0.15) is 15.9 Å². The van der Waals surface area contributed by atoms with E-state index in [-0.39, 0.29) is 30.0 Å². The van der Waals surface area contributed by atoms with Gasteiger partial charge in [-0.15, -0.1) is 0 Å². The van der Waals surface area contributed by atoms with Gasteiger partial charge in [-0.3, -0.25) is 4.79 Å². The minimum atomic E-state index is -0.685. The Kier molecular flexibility index (Phi) is 4.37. The third-order valence-electron chi connectivity index (χ3n) is 2.87. The quantitative estimate of drug-likeness (QED) is 0.810. The third-order valence-corrected chi connectivity index (χ3v) is 2.87. The molecule has 0 atom stereocenters. The van der Waals surface area contributed by atoms with Crippen LogP contribution in [0.15, 0.2) is 36.4 Å². The van der Waals surface area contributed by atoms with Gasteiger partial charge in [0.15, 0.2) is 0 Å². The number of benzene rings is 2. The lowest BCUT2D eigenvalue weighted by Crippen LogP contribution is -2.25. The minimum absolute atomic E-state index is 0.107. The maximum atomic E-state index is 13.0. The molecular weight excluding hydrogens is 280 g/mol. The van der Waals surface area contributed by atoms with Crippen molar-refractivity contribution in [1.82, 2.24) is 5.32 Å². The van der Waals surface area contributed by atoms with Gasteiger partial charge >= 0.3 is 0 Å². The molecule has 0 saturated heterocycles. The van der Waals surface area contributed by atoms with Crippen LogP contribution in [-0.2, 0) is 6.42 Å². The minimum Gasteiger partial charge on any atom is -0.507 e. The zero-order valence-corrected chi connectivity index (χ0v) is 10.9. The number of carbonyl (C=O) groups is 1. The lowest BCUT2D eigenvalue weighted by atomic mass is 10.1. The highest BCUT2D eigenvalue weighted by Crippen LogP contribution is 2.25. The number of phenolic OH excluding ortho intramolecular Hbond substituents is 2. The Bertz CT molecular complexity index is 633. The van der Waals surface area contributed by atoms with Crippen molar-refractivity contribution in [2.75, 3.05) is 6.54 Å². The van der Waals surface area contributed by atoms with Gasteiger partial charge in [0.2, 0.25) is 0 Å². The van der Waals surface area contributed by atoms with Gasteiger partial charge in [-0.2, -0.15) is 0 Å². The number of carbonyl (C=O) groups excluding carboxylic acids is 1. The zero-order chi connectivity index (χ0) is 15.4. The number of hydrogen-bond acceptors (Lipinski definition) is 3. The van der Waals surface area contributed by atoms with Crippen LogP contribution < -0.4 is 5.32 Å². The first-order valence-corrected chi connectivity index (χ1v) is 6.21. The van der Waals surface area contributed by atoms with Crippen LogP contribution in [0.4, 0.5) is 8.78 Å². The highest BCUT2D eigenvalue weighted by molar-refractivity contribution is 5.99. The molecule has 0 spiro atoms. The molecule has 2 rings (SSSR count). The number of amides is 1. The average molecular weight is 293 g/mol. The molecule has 0 aliphatic carbocycles. The van der Waals surface area contributed by atoms with Gasteiger partial charge in [0.25, 0.3) is 5.91 Å². The molecule has 0 aliphatic rings. The van der Waals surface area contributed by atoms with E-state index in [0.29, 0.717) is 5.56 Å². The van der Waals surface area contributed by atoms with E-state index in [0.717, 1.165) is 6.07 Å². The summed E-state index contributed by atoms with van der Waals surface area (Å²) in [4.78, 5) is 11.8. The highest BCUT2D eigenvalue weighted by atomic mass is 19.1. The molecule has 1 amide bonds. The van der Waals surface area contributed by atoms with Gasteiger partial charge in [0, 0.05) is 12.6 Å². The molecule has 0 bridgehead atoms. The first kappa shape index (κ1) is 14.8. The lowest BCUT2D eigenvalue weighted by Gasteiger charge is -2.08. The van der Waals surface area contributed by atoms with Crippen molar-refractivity contribution in [3.8, 4) is 11.5 Å². The summed E-state index contributed by atoms with van der Waals surface area (Å²) >= 11 is 0. The largest absolute Gasteiger partial charge is 0.507 e. The van der Waals surface area contributed by atoms with Crippen molar-refractivity contribution in [1.29, 1.82) is 0 Å². The summed E-state index contributed by atoms with van der Waals surface area (Å²) in [6.45, 7) is 0.107. The molecule has 110 valence electrons. The fourth-order valence-electron chi connectivity index (χ4n) is 1.92. The van der Waals surface area contributed by atoms with Crippen molar-refractivity contribution in [3.63, 3.8) is 0 Å². The van der Waals surface area contributed by atoms with Gasteiger partial charge in [0.05, 0.1) is 0 Å². The van der Waals surface area contributed by atoms with Crippen LogP contribution in [0, 0.1) is 11.6 Å². The van der Waals surface area contributed by atoms with Crippen LogP contribution in [0.3, 0.4) is 0 Å². The van der Waals surface area contributed by atoms with Crippen molar-refractivity contribution < 1.29 is 23.8 Å². The Morgan fingerprint density at radius 2 is 1.62 bits per heavy atom. The summed E-state index contributed by atoms with van der Waals surface area (Å²) in [7, 11) is 0. The van der Waals surface area contributed by atoms with Crippen LogP contribution in [0.25, 0.3) is 0 Å². The predicted molar refractivity (Wildman–Crippen MR) is 72.2 cm³/mol. The summed E-state index contributed by atoms with van der Waals surface area (Å²) in [5.74, 6) is -2.72. The summed E-state index contributed by atoms with van der Waals surface area (Å²) in [6.07, 6.45) is 0.217. The van der Waals surface area contributed by atoms with Gasteiger partial charge in [-0.25, -0.2) is 8.78 Å². The second kappa shape index (κ2) is 6.21. The number of nitrogens with one attached hydrogen (secondary N) is 1. The molecule has 0 fully saturated rings. The van der Waals surface area contributed by atoms with Gasteiger partial charge in [0.1, 0.15) is 28.7 Å². The monoisotopic (exact) mass is 293 g/mol. The molecule has 3 N–H and O–H groups in total. The Hall–Kier alpha value is -2.63. The number of phenols is 2. The highest BCUT2D eigenvalue weighted by Gasteiger charge is 2.15.